The van der Waals surface area contributed by atoms with Crippen LogP contribution in [0.4, 0.5) is 5.82 Å². The third kappa shape index (κ3) is 2.16. The summed E-state index contributed by atoms with van der Waals surface area (Å²) in [4.78, 5) is 0. The Labute approximate surface area is 111 Å². The third-order valence-electron chi connectivity index (χ3n) is 2.90. The maximum absolute atomic E-state index is 6.18. The number of nitrogens with zero attached hydrogens (tertiary/aromatic N) is 1. The number of H-pyrrole nitrogens is 1. The van der Waals surface area contributed by atoms with Crippen LogP contribution < -0.4 is 10.5 Å². The van der Waals surface area contributed by atoms with E-state index in [1.54, 1.807) is 13.3 Å². The summed E-state index contributed by atoms with van der Waals surface area (Å²) in [5, 5.41) is 7.25. The van der Waals surface area contributed by atoms with Crippen LogP contribution in [0, 0.1) is 0 Å². The Bertz CT molecular complexity index is 563. The molecular formula is C13H16ClN3O. The maximum Gasteiger partial charge on any atom is 0.137 e. The van der Waals surface area contributed by atoms with Crippen molar-refractivity contribution in [2.45, 2.75) is 19.8 Å². The van der Waals surface area contributed by atoms with Crippen LogP contribution in [-0.2, 0) is 0 Å². The van der Waals surface area contributed by atoms with E-state index < -0.39 is 0 Å². The zero-order valence-corrected chi connectivity index (χ0v) is 11.4. The summed E-state index contributed by atoms with van der Waals surface area (Å²) >= 11 is 6.18. The van der Waals surface area contributed by atoms with Crippen molar-refractivity contribution >= 4 is 17.4 Å². The highest BCUT2D eigenvalue weighted by Crippen LogP contribution is 2.38. The molecule has 1 aromatic carbocycles. The van der Waals surface area contributed by atoms with Crippen molar-refractivity contribution in [1.82, 2.24) is 10.2 Å². The lowest BCUT2D eigenvalue weighted by Crippen LogP contribution is -1.97. The van der Waals surface area contributed by atoms with Crippen LogP contribution in [0.5, 0.6) is 5.75 Å². The van der Waals surface area contributed by atoms with Gasteiger partial charge in [0.05, 0.1) is 18.3 Å². The van der Waals surface area contributed by atoms with E-state index in [4.69, 9.17) is 22.1 Å². The highest BCUT2D eigenvalue weighted by molar-refractivity contribution is 6.32. The predicted molar refractivity (Wildman–Crippen MR) is 74.1 cm³/mol. The van der Waals surface area contributed by atoms with E-state index in [1.165, 1.54) is 0 Å². The minimum Gasteiger partial charge on any atom is -0.495 e. The van der Waals surface area contributed by atoms with Crippen LogP contribution in [0.1, 0.15) is 25.3 Å². The Morgan fingerprint density at radius 1 is 1.33 bits per heavy atom. The molecule has 0 radical (unpaired) electrons. The first-order valence-electron chi connectivity index (χ1n) is 5.71. The van der Waals surface area contributed by atoms with Gasteiger partial charge in [0.2, 0.25) is 0 Å². The molecule has 5 heteroatoms. The summed E-state index contributed by atoms with van der Waals surface area (Å²) in [5.41, 5.74) is 8.85. The van der Waals surface area contributed by atoms with Crippen LogP contribution >= 0.6 is 11.6 Å². The Morgan fingerprint density at radius 2 is 2.06 bits per heavy atom. The van der Waals surface area contributed by atoms with Gasteiger partial charge >= 0.3 is 0 Å². The monoisotopic (exact) mass is 265 g/mol. The molecule has 0 unspecified atom stereocenters. The Morgan fingerprint density at radius 3 is 2.56 bits per heavy atom. The number of anilines is 1. The molecule has 0 bridgehead atoms. The van der Waals surface area contributed by atoms with Gasteiger partial charge in [-0.15, -0.1) is 0 Å². The number of ether oxygens (including phenoxy) is 1. The molecule has 2 rings (SSSR count). The second-order valence-electron chi connectivity index (χ2n) is 4.43. The Kier molecular flexibility index (Phi) is 3.48. The van der Waals surface area contributed by atoms with Crippen LogP contribution in [0.15, 0.2) is 18.3 Å². The molecule has 0 aliphatic carbocycles. The molecule has 96 valence electrons. The van der Waals surface area contributed by atoms with Crippen molar-refractivity contribution in [3.05, 3.63) is 28.9 Å². The molecule has 0 saturated heterocycles. The first-order chi connectivity index (χ1) is 8.54. The normalized spacial score (nSPS) is 10.9. The van der Waals surface area contributed by atoms with Crippen molar-refractivity contribution in [2.24, 2.45) is 0 Å². The minimum absolute atomic E-state index is 0.334. The number of hydrogen-bond donors (Lipinski definition) is 2. The van der Waals surface area contributed by atoms with Crippen LogP contribution in [0.3, 0.4) is 0 Å². The summed E-state index contributed by atoms with van der Waals surface area (Å²) < 4.78 is 5.25. The van der Waals surface area contributed by atoms with Gasteiger partial charge in [0.15, 0.2) is 0 Å². The molecular weight excluding hydrogens is 250 g/mol. The molecule has 0 saturated carbocycles. The van der Waals surface area contributed by atoms with Gasteiger partial charge in [-0.2, -0.15) is 5.10 Å². The second-order valence-corrected chi connectivity index (χ2v) is 4.83. The number of nitrogens with one attached hydrogen (secondary N) is 1. The summed E-state index contributed by atoms with van der Waals surface area (Å²) in [6.07, 6.45) is 1.71. The van der Waals surface area contributed by atoms with Crippen molar-refractivity contribution in [3.8, 4) is 16.9 Å². The van der Waals surface area contributed by atoms with Gasteiger partial charge < -0.3 is 10.5 Å². The molecule has 18 heavy (non-hydrogen) atoms. The highest BCUT2D eigenvalue weighted by Gasteiger charge is 2.16. The molecule has 0 spiro atoms. The Hall–Kier alpha value is -1.68. The molecule has 0 aliphatic rings. The number of aromatic nitrogens is 2. The molecule has 3 N–H and O–H groups in total. The molecule has 2 aromatic rings. The summed E-state index contributed by atoms with van der Waals surface area (Å²) in [6, 6.07) is 3.83. The average molecular weight is 266 g/mol. The standard InChI is InChI=1S/C13H16ClN3O/c1-7(2)8-5-12(18-3)11(14)4-9(8)10-6-16-17-13(10)15/h4-7H,1-3H3,(H3,15,16,17). The van der Waals surface area contributed by atoms with Gasteiger partial charge in [-0.05, 0) is 29.2 Å². The number of benzene rings is 1. The van der Waals surface area contributed by atoms with Gasteiger partial charge in [0, 0.05) is 5.56 Å². The predicted octanol–water partition coefficient (Wildman–Crippen LogP) is 3.44. The number of rotatable bonds is 3. The van der Waals surface area contributed by atoms with Crippen LogP contribution in [0.2, 0.25) is 5.02 Å². The number of aromatic amines is 1. The van der Waals surface area contributed by atoms with E-state index in [9.17, 15) is 0 Å². The van der Waals surface area contributed by atoms with Gasteiger partial charge in [0.25, 0.3) is 0 Å². The topological polar surface area (TPSA) is 63.9 Å². The van der Waals surface area contributed by atoms with E-state index in [0.29, 0.717) is 22.5 Å². The molecule has 4 nitrogen and oxygen atoms in total. The highest BCUT2D eigenvalue weighted by atomic mass is 35.5. The number of hydrogen-bond acceptors (Lipinski definition) is 3. The van der Waals surface area contributed by atoms with Crippen LogP contribution in [0.25, 0.3) is 11.1 Å². The van der Waals surface area contributed by atoms with E-state index >= 15 is 0 Å². The first kappa shape index (κ1) is 12.8. The maximum atomic E-state index is 6.18. The lowest BCUT2D eigenvalue weighted by molar-refractivity contribution is 0.414. The second kappa shape index (κ2) is 4.90. The van der Waals surface area contributed by atoms with E-state index in [2.05, 4.69) is 24.0 Å². The van der Waals surface area contributed by atoms with Gasteiger partial charge in [-0.1, -0.05) is 25.4 Å². The van der Waals surface area contributed by atoms with Gasteiger partial charge in [-0.3, -0.25) is 5.10 Å². The molecule has 0 aliphatic heterocycles. The zero-order chi connectivity index (χ0) is 13.3. The largest absolute Gasteiger partial charge is 0.495 e. The molecule has 1 aromatic heterocycles. The summed E-state index contributed by atoms with van der Waals surface area (Å²) in [7, 11) is 1.61. The van der Waals surface area contributed by atoms with Crippen molar-refractivity contribution in [1.29, 1.82) is 0 Å². The van der Waals surface area contributed by atoms with Gasteiger partial charge in [-0.25, -0.2) is 0 Å². The molecule has 1 heterocycles. The number of nitrogen functional groups attached to an aromatic ring is 1. The number of halogens is 1. The molecule has 0 atom stereocenters. The van der Waals surface area contributed by atoms with E-state index in [-0.39, 0.29) is 0 Å². The Balaban J connectivity index is 2.66. The number of nitrogens with two attached hydrogens (primary N) is 1. The lowest BCUT2D eigenvalue weighted by Gasteiger charge is -2.15. The van der Waals surface area contributed by atoms with E-state index in [0.717, 1.165) is 16.7 Å². The fourth-order valence-electron chi connectivity index (χ4n) is 1.95. The van der Waals surface area contributed by atoms with Crippen molar-refractivity contribution in [2.75, 3.05) is 12.8 Å². The smallest absolute Gasteiger partial charge is 0.137 e. The molecule has 0 fully saturated rings. The SMILES string of the molecule is COc1cc(C(C)C)c(-c2cn[nH]c2N)cc1Cl. The number of methoxy groups -OCH3 is 1. The van der Waals surface area contributed by atoms with Crippen LogP contribution in [-0.4, -0.2) is 17.3 Å². The summed E-state index contributed by atoms with van der Waals surface area (Å²) in [5.74, 6) is 1.55. The minimum atomic E-state index is 0.334. The first-order valence-corrected chi connectivity index (χ1v) is 6.09. The zero-order valence-electron chi connectivity index (χ0n) is 10.6. The van der Waals surface area contributed by atoms with Crippen molar-refractivity contribution < 1.29 is 4.74 Å². The average Bonchev–Trinajstić information content (AvgIpc) is 2.74. The summed E-state index contributed by atoms with van der Waals surface area (Å²) in [6.45, 7) is 4.23. The fraction of sp³-hybridized carbons (Fsp3) is 0.308. The van der Waals surface area contributed by atoms with Crippen molar-refractivity contribution in [3.63, 3.8) is 0 Å². The van der Waals surface area contributed by atoms with Gasteiger partial charge in [0.1, 0.15) is 11.6 Å². The quantitative estimate of drug-likeness (QED) is 0.893. The lowest BCUT2D eigenvalue weighted by atomic mass is 9.93. The third-order valence-corrected chi connectivity index (χ3v) is 3.20. The van der Waals surface area contributed by atoms with E-state index in [1.807, 2.05) is 12.1 Å². The fourth-order valence-corrected chi connectivity index (χ4v) is 2.19. The molecule has 0 amide bonds.